The van der Waals surface area contributed by atoms with Crippen LogP contribution in [0.4, 0.5) is 0 Å². The van der Waals surface area contributed by atoms with E-state index in [9.17, 15) is 0 Å². The first-order valence-corrected chi connectivity index (χ1v) is 7.82. The van der Waals surface area contributed by atoms with Gasteiger partial charge in [-0.2, -0.15) is 0 Å². The molecule has 0 saturated heterocycles. The number of hydrogen-bond donors (Lipinski definition) is 2. The summed E-state index contributed by atoms with van der Waals surface area (Å²) in [5.74, 6) is 6.75. The van der Waals surface area contributed by atoms with E-state index in [4.69, 9.17) is 22.2 Å². The van der Waals surface area contributed by atoms with Crippen molar-refractivity contribution < 1.29 is 4.74 Å². The van der Waals surface area contributed by atoms with Gasteiger partial charge in [-0.15, -0.1) is 0 Å². The first-order valence-electron chi connectivity index (χ1n) is 6.36. The number of rotatable bonds is 3. The average Bonchev–Trinajstić information content (AvgIpc) is 2.92. The summed E-state index contributed by atoms with van der Waals surface area (Å²) >= 11 is 8.41. The molecular weight excluding hydrogens is 387 g/mol. The smallest absolute Gasteiger partial charge is 0.127 e. The van der Waals surface area contributed by atoms with Crippen molar-refractivity contribution >= 4 is 34.2 Å². The van der Waals surface area contributed by atoms with Gasteiger partial charge in [0.05, 0.1) is 12.6 Å². The summed E-state index contributed by atoms with van der Waals surface area (Å²) in [7, 11) is 0. The van der Waals surface area contributed by atoms with Gasteiger partial charge in [0, 0.05) is 20.6 Å². The van der Waals surface area contributed by atoms with Crippen LogP contribution in [0.3, 0.4) is 0 Å². The summed E-state index contributed by atoms with van der Waals surface area (Å²) in [5, 5.41) is 0.703. The van der Waals surface area contributed by atoms with Crippen LogP contribution in [0, 0.1) is 3.57 Å². The molecule has 0 aliphatic carbocycles. The highest BCUT2D eigenvalue weighted by Crippen LogP contribution is 2.37. The van der Waals surface area contributed by atoms with Crippen LogP contribution in [0.15, 0.2) is 36.4 Å². The molecule has 1 heterocycles. The van der Waals surface area contributed by atoms with Gasteiger partial charge in [-0.05, 0) is 51.9 Å². The van der Waals surface area contributed by atoms with Gasteiger partial charge in [0.15, 0.2) is 0 Å². The van der Waals surface area contributed by atoms with Crippen molar-refractivity contribution in [2.24, 2.45) is 5.84 Å². The molecule has 1 atom stereocenters. The second-order valence-corrected chi connectivity index (χ2v) is 6.30. The number of nitrogens with two attached hydrogens (primary N) is 1. The third kappa shape index (κ3) is 2.53. The van der Waals surface area contributed by atoms with Gasteiger partial charge in [0.25, 0.3) is 0 Å². The minimum absolute atomic E-state index is 0.131. The van der Waals surface area contributed by atoms with E-state index in [1.54, 1.807) is 0 Å². The molecule has 1 unspecified atom stereocenters. The molecule has 0 spiro atoms. The maximum atomic E-state index is 6.12. The van der Waals surface area contributed by atoms with Crippen LogP contribution >= 0.6 is 34.2 Å². The Morgan fingerprint density at radius 1 is 1.25 bits per heavy atom. The van der Waals surface area contributed by atoms with E-state index in [0.717, 1.165) is 33.5 Å². The van der Waals surface area contributed by atoms with Crippen LogP contribution in [0.2, 0.25) is 5.02 Å². The Balaban J connectivity index is 2.11. The van der Waals surface area contributed by atoms with Gasteiger partial charge in [0.1, 0.15) is 5.75 Å². The molecule has 2 aromatic rings. The lowest BCUT2D eigenvalue weighted by Gasteiger charge is -2.21. The Morgan fingerprint density at radius 2 is 2.10 bits per heavy atom. The van der Waals surface area contributed by atoms with Crippen LogP contribution in [0.1, 0.15) is 22.7 Å². The Kier molecular flexibility index (Phi) is 4.16. The van der Waals surface area contributed by atoms with Crippen molar-refractivity contribution in [3.05, 3.63) is 61.7 Å². The number of hydrazine groups is 1. The topological polar surface area (TPSA) is 47.3 Å². The summed E-state index contributed by atoms with van der Waals surface area (Å²) < 4.78 is 6.89. The van der Waals surface area contributed by atoms with Crippen molar-refractivity contribution in [1.82, 2.24) is 5.43 Å². The molecule has 0 fully saturated rings. The molecule has 104 valence electrons. The minimum atomic E-state index is -0.131. The second kappa shape index (κ2) is 5.89. The molecule has 3 N–H and O–H groups in total. The summed E-state index contributed by atoms with van der Waals surface area (Å²) in [6.45, 7) is 0.732. The SMILES string of the molecule is NNC(c1cc(Cl)ccc1I)c1cccc2c1OCC2. The normalized spacial score (nSPS) is 14.8. The van der Waals surface area contributed by atoms with Crippen LogP contribution in [0.25, 0.3) is 0 Å². The van der Waals surface area contributed by atoms with E-state index in [1.165, 1.54) is 5.56 Å². The zero-order valence-electron chi connectivity index (χ0n) is 10.7. The zero-order valence-corrected chi connectivity index (χ0v) is 13.6. The fraction of sp³-hybridized carbons (Fsp3) is 0.200. The lowest BCUT2D eigenvalue weighted by atomic mass is 9.96. The van der Waals surface area contributed by atoms with Crippen LogP contribution in [-0.2, 0) is 6.42 Å². The lowest BCUT2D eigenvalue weighted by molar-refractivity contribution is 0.350. The van der Waals surface area contributed by atoms with Gasteiger partial charge in [-0.1, -0.05) is 29.8 Å². The standard InChI is InChI=1S/C15H14ClIN2O/c16-10-4-5-13(17)12(8-10)14(19-18)11-3-1-2-9-6-7-20-15(9)11/h1-5,8,14,19H,6-7,18H2. The quantitative estimate of drug-likeness (QED) is 0.471. The van der Waals surface area contributed by atoms with Crippen LogP contribution in [-0.4, -0.2) is 6.61 Å². The first-order chi connectivity index (χ1) is 9.70. The molecule has 0 aromatic heterocycles. The number of fused-ring (bicyclic) bond motifs is 1. The number of nitrogens with one attached hydrogen (secondary N) is 1. The van der Waals surface area contributed by atoms with Crippen LogP contribution < -0.4 is 16.0 Å². The van der Waals surface area contributed by atoms with Crippen molar-refractivity contribution in [1.29, 1.82) is 0 Å². The fourth-order valence-electron chi connectivity index (χ4n) is 2.55. The van der Waals surface area contributed by atoms with E-state index < -0.39 is 0 Å². The van der Waals surface area contributed by atoms with Gasteiger partial charge in [0.2, 0.25) is 0 Å². The number of para-hydroxylation sites is 1. The largest absolute Gasteiger partial charge is 0.493 e. The summed E-state index contributed by atoms with van der Waals surface area (Å²) in [6.07, 6.45) is 0.951. The highest BCUT2D eigenvalue weighted by molar-refractivity contribution is 14.1. The summed E-state index contributed by atoms with van der Waals surface area (Å²) in [6, 6.07) is 11.9. The van der Waals surface area contributed by atoms with E-state index in [-0.39, 0.29) is 6.04 Å². The van der Waals surface area contributed by atoms with Gasteiger partial charge >= 0.3 is 0 Å². The predicted octanol–water partition coefficient (Wildman–Crippen LogP) is 3.43. The maximum Gasteiger partial charge on any atom is 0.127 e. The van der Waals surface area contributed by atoms with Crippen molar-refractivity contribution in [3.63, 3.8) is 0 Å². The Bertz CT molecular complexity index is 648. The van der Waals surface area contributed by atoms with Gasteiger partial charge in [-0.25, -0.2) is 5.43 Å². The Labute approximate surface area is 136 Å². The molecule has 1 aliphatic heterocycles. The number of ether oxygens (including phenoxy) is 1. The molecule has 0 saturated carbocycles. The predicted molar refractivity (Wildman–Crippen MR) is 89.0 cm³/mol. The third-order valence-electron chi connectivity index (χ3n) is 3.49. The zero-order chi connectivity index (χ0) is 14.1. The van der Waals surface area contributed by atoms with Gasteiger partial charge < -0.3 is 4.74 Å². The van der Waals surface area contributed by atoms with Crippen LogP contribution in [0.5, 0.6) is 5.75 Å². The van der Waals surface area contributed by atoms with Crippen molar-refractivity contribution in [2.45, 2.75) is 12.5 Å². The summed E-state index contributed by atoms with van der Waals surface area (Å²) in [5.41, 5.74) is 6.24. The first kappa shape index (κ1) is 14.1. The molecule has 0 bridgehead atoms. The highest BCUT2D eigenvalue weighted by atomic mass is 127. The summed E-state index contributed by atoms with van der Waals surface area (Å²) in [4.78, 5) is 0. The van der Waals surface area contributed by atoms with E-state index >= 15 is 0 Å². The molecule has 5 heteroatoms. The van der Waals surface area contributed by atoms with E-state index in [1.807, 2.05) is 30.3 Å². The molecule has 20 heavy (non-hydrogen) atoms. The monoisotopic (exact) mass is 400 g/mol. The molecule has 3 rings (SSSR count). The number of benzene rings is 2. The molecule has 3 nitrogen and oxygen atoms in total. The van der Waals surface area contributed by atoms with Crippen molar-refractivity contribution in [3.8, 4) is 5.75 Å². The highest BCUT2D eigenvalue weighted by Gasteiger charge is 2.24. The molecule has 1 aliphatic rings. The fourth-order valence-corrected chi connectivity index (χ4v) is 3.38. The maximum absolute atomic E-state index is 6.12. The molecule has 2 aromatic carbocycles. The van der Waals surface area contributed by atoms with E-state index in [2.05, 4.69) is 34.1 Å². The van der Waals surface area contributed by atoms with Gasteiger partial charge in [-0.3, -0.25) is 5.84 Å². The Morgan fingerprint density at radius 3 is 2.90 bits per heavy atom. The number of halogens is 2. The lowest BCUT2D eigenvalue weighted by Crippen LogP contribution is -2.29. The number of hydrogen-bond acceptors (Lipinski definition) is 3. The minimum Gasteiger partial charge on any atom is -0.493 e. The second-order valence-electron chi connectivity index (χ2n) is 4.70. The molecule has 0 radical (unpaired) electrons. The van der Waals surface area contributed by atoms with Crippen molar-refractivity contribution in [2.75, 3.05) is 6.61 Å². The molecular formula is C15H14ClIN2O. The third-order valence-corrected chi connectivity index (χ3v) is 4.71. The average molecular weight is 401 g/mol. The molecule has 0 amide bonds. The van der Waals surface area contributed by atoms with E-state index in [0.29, 0.717) is 5.02 Å². The Hall–Kier alpha value is -0.820.